The Kier molecular flexibility index (Phi) is 4.24. The lowest BCUT2D eigenvalue weighted by Crippen LogP contribution is -2.13. The minimum Gasteiger partial charge on any atom is -0.494 e. The Bertz CT molecular complexity index is 662. The normalized spacial score (nSPS) is 10.2. The quantitative estimate of drug-likeness (QED) is 0.850. The van der Waals surface area contributed by atoms with Crippen LogP contribution in [0.25, 0.3) is 0 Å². The van der Waals surface area contributed by atoms with Crippen molar-refractivity contribution in [1.82, 2.24) is 0 Å². The van der Waals surface area contributed by atoms with Crippen LogP contribution in [-0.4, -0.2) is 13.0 Å². The first kappa shape index (κ1) is 14.3. The van der Waals surface area contributed by atoms with Gasteiger partial charge in [-0.3, -0.25) is 4.79 Å². The van der Waals surface area contributed by atoms with E-state index in [-0.39, 0.29) is 16.2 Å². The summed E-state index contributed by atoms with van der Waals surface area (Å²) in [5.74, 6) is -1.25. The zero-order valence-electron chi connectivity index (χ0n) is 10.5. The third kappa shape index (κ3) is 3.08. The smallest absolute Gasteiger partial charge is 0.255 e. The molecule has 1 N–H and O–H groups in total. The molecule has 1 amide bonds. The van der Waals surface area contributed by atoms with Crippen molar-refractivity contribution >= 4 is 24.2 Å². The summed E-state index contributed by atoms with van der Waals surface area (Å²) in [6.07, 6.45) is 0. The molecule has 3 nitrogen and oxygen atoms in total. The number of thiol groups is 1. The van der Waals surface area contributed by atoms with Gasteiger partial charge in [0.25, 0.3) is 5.91 Å². The molecule has 104 valence electrons. The van der Waals surface area contributed by atoms with E-state index in [1.807, 2.05) is 0 Å². The van der Waals surface area contributed by atoms with E-state index < -0.39 is 17.5 Å². The number of benzene rings is 2. The summed E-state index contributed by atoms with van der Waals surface area (Å²) in [5.41, 5.74) is 0.562. The first-order valence-electron chi connectivity index (χ1n) is 5.64. The molecule has 0 fully saturated rings. The van der Waals surface area contributed by atoms with E-state index in [4.69, 9.17) is 4.74 Å². The number of rotatable bonds is 3. The molecule has 20 heavy (non-hydrogen) atoms. The number of anilines is 1. The molecule has 0 aromatic heterocycles. The van der Waals surface area contributed by atoms with Gasteiger partial charge in [0.15, 0.2) is 0 Å². The van der Waals surface area contributed by atoms with Crippen LogP contribution in [0.2, 0.25) is 0 Å². The van der Waals surface area contributed by atoms with E-state index in [0.717, 1.165) is 12.1 Å². The van der Waals surface area contributed by atoms with Gasteiger partial charge in [-0.05, 0) is 30.3 Å². The summed E-state index contributed by atoms with van der Waals surface area (Å²) < 4.78 is 31.1. The van der Waals surface area contributed by atoms with Gasteiger partial charge >= 0.3 is 0 Å². The SMILES string of the molecule is COc1cc(F)ccc1NC(=O)c1ccc(F)c(S)c1. The number of nitrogens with one attached hydrogen (secondary N) is 1. The molecule has 2 aromatic carbocycles. The van der Waals surface area contributed by atoms with Crippen LogP contribution < -0.4 is 10.1 Å². The molecule has 2 aromatic rings. The van der Waals surface area contributed by atoms with Gasteiger partial charge in [-0.1, -0.05) is 0 Å². The zero-order chi connectivity index (χ0) is 14.7. The van der Waals surface area contributed by atoms with Crippen molar-refractivity contribution in [3.63, 3.8) is 0 Å². The molecule has 2 rings (SSSR count). The summed E-state index contributed by atoms with van der Waals surface area (Å²) in [6.45, 7) is 0. The van der Waals surface area contributed by atoms with Crippen LogP contribution in [0.5, 0.6) is 5.75 Å². The molecule has 0 aliphatic heterocycles. The largest absolute Gasteiger partial charge is 0.494 e. The summed E-state index contributed by atoms with van der Waals surface area (Å²) in [7, 11) is 1.37. The van der Waals surface area contributed by atoms with E-state index in [9.17, 15) is 13.6 Å². The van der Waals surface area contributed by atoms with Crippen LogP contribution in [0.4, 0.5) is 14.5 Å². The molecule has 0 saturated carbocycles. The van der Waals surface area contributed by atoms with Gasteiger partial charge in [0, 0.05) is 16.5 Å². The van der Waals surface area contributed by atoms with E-state index in [1.165, 1.54) is 31.4 Å². The van der Waals surface area contributed by atoms with E-state index in [2.05, 4.69) is 17.9 Å². The average Bonchev–Trinajstić information content (AvgIpc) is 2.43. The number of carbonyl (C=O) groups is 1. The topological polar surface area (TPSA) is 38.3 Å². The van der Waals surface area contributed by atoms with Crippen molar-refractivity contribution in [3.8, 4) is 5.75 Å². The highest BCUT2D eigenvalue weighted by molar-refractivity contribution is 7.80. The van der Waals surface area contributed by atoms with Crippen LogP contribution in [0.1, 0.15) is 10.4 Å². The first-order chi connectivity index (χ1) is 9.51. The Morgan fingerprint density at radius 2 is 1.95 bits per heavy atom. The average molecular weight is 295 g/mol. The number of hydrogen-bond donors (Lipinski definition) is 2. The number of methoxy groups -OCH3 is 1. The maximum Gasteiger partial charge on any atom is 0.255 e. The van der Waals surface area contributed by atoms with Gasteiger partial charge in [0.1, 0.15) is 17.4 Å². The Morgan fingerprint density at radius 3 is 2.60 bits per heavy atom. The predicted octanol–water partition coefficient (Wildman–Crippen LogP) is 3.51. The molecule has 0 saturated heterocycles. The second kappa shape index (κ2) is 5.92. The lowest BCUT2D eigenvalue weighted by Gasteiger charge is -2.10. The Balaban J connectivity index is 2.25. The molecule has 0 radical (unpaired) electrons. The number of hydrogen-bond acceptors (Lipinski definition) is 3. The first-order valence-corrected chi connectivity index (χ1v) is 6.09. The minimum absolute atomic E-state index is 0.0729. The van der Waals surface area contributed by atoms with Gasteiger partial charge in [-0.2, -0.15) is 0 Å². The summed E-state index contributed by atoms with van der Waals surface area (Å²) in [6, 6.07) is 7.54. The fourth-order valence-electron chi connectivity index (χ4n) is 1.62. The van der Waals surface area contributed by atoms with Crippen LogP contribution in [0.3, 0.4) is 0 Å². The highest BCUT2D eigenvalue weighted by atomic mass is 32.1. The van der Waals surface area contributed by atoms with Crippen molar-refractivity contribution < 1.29 is 18.3 Å². The maximum atomic E-state index is 13.1. The molecule has 0 unspecified atom stereocenters. The van der Waals surface area contributed by atoms with Crippen molar-refractivity contribution in [2.75, 3.05) is 12.4 Å². The van der Waals surface area contributed by atoms with Crippen molar-refractivity contribution in [2.45, 2.75) is 4.90 Å². The standard InChI is InChI=1S/C14H11F2NO2S/c1-19-12-7-9(15)3-5-11(12)17-14(18)8-2-4-10(16)13(20)6-8/h2-7,20H,1H3,(H,17,18). The van der Waals surface area contributed by atoms with Gasteiger partial charge in [0.2, 0.25) is 0 Å². The van der Waals surface area contributed by atoms with Gasteiger partial charge in [-0.25, -0.2) is 8.78 Å². The molecule has 0 atom stereocenters. The molecule has 0 bridgehead atoms. The van der Waals surface area contributed by atoms with Crippen LogP contribution in [-0.2, 0) is 0 Å². The van der Waals surface area contributed by atoms with Crippen LogP contribution in [0, 0.1) is 11.6 Å². The predicted molar refractivity (Wildman–Crippen MR) is 74.6 cm³/mol. The van der Waals surface area contributed by atoms with Crippen LogP contribution in [0.15, 0.2) is 41.3 Å². The number of halogens is 2. The fourth-order valence-corrected chi connectivity index (χ4v) is 1.83. The van der Waals surface area contributed by atoms with E-state index >= 15 is 0 Å². The Labute approximate surface area is 120 Å². The van der Waals surface area contributed by atoms with E-state index in [1.54, 1.807) is 0 Å². The second-order valence-electron chi connectivity index (χ2n) is 3.96. The molecular weight excluding hydrogens is 284 g/mol. The van der Waals surface area contributed by atoms with Crippen molar-refractivity contribution in [2.24, 2.45) is 0 Å². The molecular formula is C14H11F2NO2S. The molecule has 0 heterocycles. The lowest BCUT2D eigenvalue weighted by molar-refractivity contribution is 0.102. The summed E-state index contributed by atoms with van der Waals surface area (Å²) in [4.78, 5) is 12.1. The van der Waals surface area contributed by atoms with Gasteiger partial charge in [0.05, 0.1) is 12.8 Å². The molecule has 0 aliphatic carbocycles. The number of ether oxygens (including phenoxy) is 1. The fraction of sp³-hybridized carbons (Fsp3) is 0.0714. The van der Waals surface area contributed by atoms with Crippen molar-refractivity contribution in [1.29, 1.82) is 0 Å². The lowest BCUT2D eigenvalue weighted by atomic mass is 10.2. The van der Waals surface area contributed by atoms with E-state index in [0.29, 0.717) is 5.69 Å². The zero-order valence-corrected chi connectivity index (χ0v) is 11.4. The third-order valence-electron chi connectivity index (χ3n) is 2.62. The summed E-state index contributed by atoms with van der Waals surface area (Å²) >= 11 is 3.91. The maximum absolute atomic E-state index is 13.1. The van der Waals surface area contributed by atoms with Crippen LogP contribution >= 0.6 is 12.6 Å². The van der Waals surface area contributed by atoms with Gasteiger partial charge < -0.3 is 10.1 Å². The Morgan fingerprint density at radius 1 is 1.20 bits per heavy atom. The van der Waals surface area contributed by atoms with Gasteiger partial charge in [-0.15, -0.1) is 12.6 Å². The third-order valence-corrected chi connectivity index (χ3v) is 2.96. The highest BCUT2D eigenvalue weighted by Crippen LogP contribution is 2.25. The monoisotopic (exact) mass is 295 g/mol. The molecule has 0 spiro atoms. The Hall–Kier alpha value is -2.08. The number of carbonyl (C=O) groups excluding carboxylic acids is 1. The highest BCUT2D eigenvalue weighted by Gasteiger charge is 2.12. The summed E-state index contributed by atoms with van der Waals surface area (Å²) in [5, 5.41) is 2.56. The minimum atomic E-state index is -0.510. The number of amides is 1. The molecule has 6 heteroatoms. The van der Waals surface area contributed by atoms with Crippen molar-refractivity contribution in [3.05, 3.63) is 53.6 Å². The second-order valence-corrected chi connectivity index (χ2v) is 4.45. The molecule has 0 aliphatic rings.